The number of thiazole rings is 1. The molecular weight excluding hydrogens is 391 g/mol. The molecule has 0 bridgehead atoms. The van der Waals surface area contributed by atoms with Crippen LogP contribution in [0.1, 0.15) is 0 Å². The fourth-order valence-electron chi connectivity index (χ4n) is 2.73. The fraction of sp³-hybridized carbons (Fsp3) is 0. The summed E-state index contributed by atoms with van der Waals surface area (Å²) in [5.41, 5.74) is 3.47. The van der Waals surface area contributed by atoms with Gasteiger partial charge in [0.1, 0.15) is 0 Å². The van der Waals surface area contributed by atoms with Gasteiger partial charge in [-0.25, -0.2) is 9.50 Å². The van der Waals surface area contributed by atoms with Gasteiger partial charge in [-0.2, -0.15) is 4.98 Å². The summed E-state index contributed by atoms with van der Waals surface area (Å²) in [6, 6.07) is 13.1. The van der Waals surface area contributed by atoms with Gasteiger partial charge < -0.3 is 4.98 Å². The molecule has 3 heterocycles. The summed E-state index contributed by atoms with van der Waals surface area (Å²) in [6.07, 6.45) is 0. The van der Waals surface area contributed by atoms with Crippen molar-refractivity contribution in [2.75, 3.05) is 5.32 Å². The minimum absolute atomic E-state index is 0.454. The molecule has 0 aliphatic rings. The molecule has 26 heavy (non-hydrogen) atoms. The second-order valence-corrected chi connectivity index (χ2v) is 7.28. The molecule has 0 saturated carbocycles. The maximum Gasteiger partial charge on any atom is 0.250 e. The summed E-state index contributed by atoms with van der Waals surface area (Å²) >= 11 is 13.9. The molecular formula is C17H10Cl2N6S. The summed E-state index contributed by atoms with van der Waals surface area (Å²) in [5.74, 6) is 1.04. The maximum atomic E-state index is 6.32. The lowest BCUT2D eigenvalue weighted by molar-refractivity contribution is 0.986. The number of hydrogen-bond acceptors (Lipinski definition) is 5. The number of aromatic amines is 1. The number of rotatable bonds is 3. The number of nitrogens with zero attached hydrogens (tertiary/aromatic N) is 4. The number of halogens is 2. The highest BCUT2D eigenvalue weighted by Crippen LogP contribution is 2.33. The van der Waals surface area contributed by atoms with Gasteiger partial charge in [-0.3, -0.25) is 5.32 Å². The molecule has 0 fully saturated rings. The van der Waals surface area contributed by atoms with Crippen molar-refractivity contribution in [3.8, 4) is 11.3 Å². The highest BCUT2D eigenvalue weighted by atomic mass is 35.5. The zero-order valence-electron chi connectivity index (χ0n) is 13.1. The van der Waals surface area contributed by atoms with E-state index in [1.165, 1.54) is 11.3 Å². The molecule has 0 saturated heterocycles. The number of nitrogens with one attached hydrogen (secondary N) is 2. The zero-order valence-corrected chi connectivity index (χ0v) is 15.4. The molecule has 0 amide bonds. The molecule has 0 atom stereocenters. The van der Waals surface area contributed by atoms with Crippen LogP contribution in [0.3, 0.4) is 0 Å². The molecule has 2 aromatic carbocycles. The average molecular weight is 401 g/mol. The van der Waals surface area contributed by atoms with Crippen molar-refractivity contribution in [3.63, 3.8) is 0 Å². The van der Waals surface area contributed by atoms with E-state index >= 15 is 0 Å². The number of H-pyrrole nitrogens is 1. The van der Waals surface area contributed by atoms with Gasteiger partial charge in [0.2, 0.25) is 10.9 Å². The van der Waals surface area contributed by atoms with E-state index in [1.54, 1.807) is 16.6 Å². The van der Waals surface area contributed by atoms with E-state index in [0.717, 1.165) is 27.3 Å². The van der Waals surface area contributed by atoms with Gasteiger partial charge in [-0.1, -0.05) is 35.3 Å². The van der Waals surface area contributed by atoms with Crippen LogP contribution in [0.5, 0.6) is 0 Å². The topological polar surface area (TPSA) is 70.9 Å². The van der Waals surface area contributed by atoms with Crippen LogP contribution in [0.25, 0.3) is 27.3 Å². The molecule has 0 aliphatic carbocycles. The highest BCUT2D eigenvalue weighted by molar-refractivity contribution is 7.15. The highest BCUT2D eigenvalue weighted by Gasteiger charge is 2.15. The smallest absolute Gasteiger partial charge is 0.250 e. The normalized spacial score (nSPS) is 11.5. The van der Waals surface area contributed by atoms with Crippen LogP contribution in [-0.4, -0.2) is 24.6 Å². The van der Waals surface area contributed by atoms with Gasteiger partial charge in [0.15, 0.2) is 0 Å². The van der Waals surface area contributed by atoms with E-state index < -0.39 is 0 Å². The lowest BCUT2D eigenvalue weighted by Crippen LogP contribution is -1.96. The molecule has 9 heteroatoms. The lowest BCUT2D eigenvalue weighted by Gasteiger charge is -2.02. The van der Waals surface area contributed by atoms with Crippen molar-refractivity contribution < 1.29 is 0 Å². The second-order valence-electron chi connectivity index (χ2n) is 5.60. The number of imidazole rings is 1. The van der Waals surface area contributed by atoms with Gasteiger partial charge in [0.25, 0.3) is 5.95 Å². The lowest BCUT2D eigenvalue weighted by atomic mass is 10.2. The van der Waals surface area contributed by atoms with Crippen LogP contribution in [0.2, 0.25) is 10.0 Å². The van der Waals surface area contributed by atoms with Crippen molar-refractivity contribution in [2.24, 2.45) is 0 Å². The van der Waals surface area contributed by atoms with Crippen molar-refractivity contribution in [1.82, 2.24) is 24.6 Å². The minimum atomic E-state index is 0.454. The average Bonchev–Trinajstić information content (AvgIpc) is 3.30. The molecule has 0 unspecified atom stereocenters. The Hall–Kier alpha value is -2.61. The number of para-hydroxylation sites is 2. The third-order valence-corrected chi connectivity index (χ3v) is 5.29. The zero-order chi connectivity index (χ0) is 17.7. The SMILES string of the molecule is Clc1ccc(Cl)c(-c2csc3nc(Nc4nc5ccccc5[nH]4)nn23)c1. The second kappa shape index (κ2) is 5.98. The van der Waals surface area contributed by atoms with Crippen LogP contribution in [-0.2, 0) is 0 Å². The summed E-state index contributed by atoms with van der Waals surface area (Å²) in [4.78, 5) is 12.9. The first-order valence-electron chi connectivity index (χ1n) is 7.69. The Labute approximate surface area is 161 Å². The summed E-state index contributed by atoms with van der Waals surface area (Å²) < 4.78 is 1.74. The van der Waals surface area contributed by atoms with Crippen molar-refractivity contribution in [1.29, 1.82) is 0 Å². The number of hydrogen-bond donors (Lipinski definition) is 2. The van der Waals surface area contributed by atoms with Crippen LogP contribution in [0.4, 0.5) is 11.9 Å². The monoisotopic (exact) mass is 400 g/mol. The Morgan fingerprint density at radius 3 is 2.85 bits per heavy atom. The Kier molecular flexibility index (Phi) is 3.59. The first-order chi connectivity index (χ1) is 12.7. The van der Waals surface area contributed by atoms with E-state index in [2.05, 4.69) is 25.4 Å². The van der Waals surface area contributed by atoms with E-state index in [0.29, 0.717) is 21.9 Å². The molecule has 128 valence electrons. The predicted molar refractivity (Wildman–Crippen MR) is 106 cm³/mol. The van der Waals surface area contributed by atoms with Gasteiger partial charge in [-0.15, -0.1) is 16.4 Å². The number of benzene rings is 2. The van der Waals surface area contributed by atoms with E-state index in [-0.39, 0.29) is 0 Å². The van der Waals surface area contributed by atoms with Crippen LogP contribution >= 0.6 is 34.5 Å². The van der Waals surface area contributed by atoms with Gasteiger partial charge in [0, 0.05) is 16.0 Å². The standard InChI is InChI=1S/C17H10Cl2N6S/c18-9-5-6-11(19)10(7-9)14-8-26-17-23-16(24-25(14)17)22-15-20-12-3-1-2-4-13(12)21-15/h1-8H,(H2,20,21,22,24). The molecule has 6 nitrogen and oxygen atoms in total. The molecule has 0 radical (unpaired) electrons. The fourth-order valence-corrected chi connectivity index (χ4v) is 3.94. The van der Waals surface area contributed by atoms with Gasteiger partial charge >= 0.3 is 0 Å². The van der Waals surface area contributed by atoms with E-state index in [1.807, 2.05) is 35.7 Å². The Morgan fingerprint density at radius 2 is 1.96 bits per heavy atom. The first-order valence-corrected chi connectivity index (χ1v) is 9.32. The largest absolute Gasteiger partial charge is 0.324 e. The molecule has 2 N–H and O–H groups in total. The molecule has 0 aliphatic heterocycles. The quantitative estimate of drug-likeness (QED) is 0.426. The van der Waals surface area contributed by atoms with Crippen LogP contribution in [0, 0.1) is 0 Å². The van der Waals surface area contributed by atoms with E-state index in [9.17, 15) is 0 Å². The molecule has 5 rings (SSSR count). The third-order valence-electron chi connectivity index (χ3n) is 3.91. The number of fused-ring (bicyclic) bond motifs is 2. The van der Waals surface area contributed by atoms with Crippen molar-refractivity contribution >= 4 is 62.4 Å². The van der Waals surface area contributed by atoms with Crippen LogP contribution < -0.4 is 5.32 Å². The van der Waals surface area contributed by atoms with Crippen molar-refractivity contribution in [2.45, 2.75) is 0 Å². The predicted octanol–water partition coefficient (Wildman–Crippen LogP) is 5.38. The Balaban J connectivity index is 1.54. The summed E-state index contributed by atoms with van der Waals surface area (Å²) in [6.45, 7) is 0. The third kappa shape index (κ3) is 2.61. The Bertz CT molecular complexity index is 1220. The minimum Gasteiger partial charge on any atom is -0.324 e. The number of anilines is 2. The number of aromatic nitrogens is 5. The van der Waals surface area contributed by atoms with Crippen molar-refractivity contribution in [3.05, 3.63) is 57.9 Å². The van der Waals surface area contributed by atoms with Gasteiger partial charge in [0.05, 0.1) is 21.7 Å². The summed E-state index contributed by atoms with van der Waals surface area (Å²) in [5, 5.41) is 10.8. The van der Waals surface area contributed by atoms with Gasteiger partial charge in [-0.05, 0) is 30.3 Å². The molecule has 0 spiro atoms. The Morgan fingerprint density at radius 1 is 1.08 bits per heavy atom. The van der Waals surface area contributed by atoms with Crippen LogP contribution in [0.15, 0.2) is 47.8 Å². The summed E-state index contributed by atoms with van der Waals surface area (Å²) in [7, 11) is 0. The first kappa shape index (κ1) is 15.6. The van der Waals surface area contributed by atoms with E-state index in [4.69, 9.17) is 23.2 Å². The maximum absolute atomic E-state index is 6.32. The molecule has 5 aromatic rings. The molecule has 3 aromatic heterocycles.